The lowest BCUT2D eigenvalue weighted by molar-refractivity contribution is 0.0949. The number of rotatable bonds is 3. The van der Waals surface area contributed by atoms with E-state index in [2.05, 4.69) is 10.3 Å². The molecule has 0 unspecified atom stereocenters. The van der Waals surface area contributed by atoms with Crippen LogP contribution in [0.5, 0.6) is 0 Å². The Morgan fingerprint density at radius 2 is 2.25 bits per heavy atom. The van der Waals surface area contributed by atoms with E-state index in [0.29, 0.717) is 22.9 Å². The predicted octanol–water partition coefficient (Wildman–Crippen LogP) is 2.82. The van der Waals surface area contributed by atoms with Crippen LogP contribution < -0.4 is 5.32 Å². The average Bonchev–Trinajstić information content (AvgIpc) is 3.01. The number of fused-ring (bicyclic) bond motifs is 1. The number of halogens is 1. The number of carbonyl (C=O) groups is 1. The minimum Gasteiger partial charge on any atom is -0.469 e. The molecule has 3 aromatic rings. The van der Waals surface area contributed by atoms with Gasteiger partial charge in [0.1, 0.15) is 11.4 Å². The number of carbonyl (C=O) groups excluding carboxylic acids is 1. The van der Waals surface area contributed by atoms with Crippen molar-refractivity contribution in [3.8, 4) is 0 Å². The summed E-state index contributed by atoms with van der Waals surface area (Å²) in [6.07, 6.45) is 5.11. The van der Waals surface area contributed by atoms with Crippen LogP contribution in [0.3, 0.4) is 0 Å². The smallest absolute Gasteiger partial charge is 0.255 e. The molecular formula is C14H12ClN3O2. The zero-order valence-corrected chi connectivity index (χ0v) is 11.5. The zero-order chi connectivity index (χ0) is 14.1. The largest absolute Gasteiger partial charge is 0.469 e. The number of hydrogen-bond acceptors (Lipinski definition) is 3. The van der Waals surface area contributed by atoms with Crippen molar-refractivity contribution < 1.29 is 9.21 Å². The molecule has 0 fully saturated rings. The quantitative estimate of drug-likeness (QED) is 0.806. The molecule has 0 spiro atoms. The normalized spacial score (nSPS) is 10.9. The number of furan rings is 1. The van der Waals surface area contributed by atoms with Crippen LogP contribution in [-0.2, 0) is 6.54 Å². The Bertz CT molecular complexity index is 776. The molecular weight excluding hydrogens is 278 g/mol. The molecule has 3 rings (SSSR count). The van der Waals surface area contributed by atoms with Crippen molar-refractivity contribution in [2.75, 3.05) is 0 Å². The van der Waals surface area contributed by atoms with Crippen LogP contribution in [0.1, 0.15) is 21.8 Å². The molecule has 0 atom stereocenters. The highest BCUT2D eigenvalue weighted by atomic mass is 35.5. The van der Waals surface area contributed by atoms with E-state index in [0.717, 1.165) is 11.3 Å². The molecule has 20 heavy (non-hydrogen) atoms. The molecule has 3 heterocycles. The van der Waals surface area contributed by atoms with Gasteiger partial charge in [0.2, 0.25) is 0 Å². The summed E-state index contributed by atoms with van der Waals surface area (Å²) < 4.78 is 6.93. The maximum atomic E-state index is 11.9. The first-order valence-corrected chi connectivity index (χ1v) is 6.47. The van der Waals surface area contributed by atoms with Crippen molar-refractivity contribution >= 4 is 23.2 Å². The van der Waals surface area contributed by atoms with Gasteiger partial charge in [-0.25, -0.2) is 4.98 Å². The average molecular weight is 290 g/mol. The molecule has 0 aliphatic rings. The van der Waals surface area contributed by atoms with Gasteiger partial charge in [0.05, 0.1) is 29.1 Å². The number of amides is 1. The maximum Gasteiger partial charge on any atom is 0.255 e. The summed E-state index contributed by atoms with van der Waals surface area (Å²) in [6, 6.07) is 5.25. The summed E-state index contributed by atoms with van der Waals surface area (Å²) >= 11 is 5.91. The van der Waals surface area contributed by atoms with E-state index >= 15 is 0 Å². The number of aromatic nitrogens is 2. The van der Waals surface area contributed by atoms with Crippen molar-refractivity contribution in [3.05, 3.63) is 58.9 Å². The van der Waals surface area contributed by atoms with Gasteiger partial charge < -0.3 is 14.1 Å². The number of nitrogens with one attached hydrogen (secondary N) is 1. The van der Waals surface area contributed by atoms with E-state index in [1.165, 1.54) is 6.26 Å². The maximum absolute atomic E-state index is 11.9. The van der Waals surface area contributed by atoms with Gasteiger partial charge in [-0.1, -0.05) is 11.6 Å². The van der Waals surface area contributed by atoms with Gasteiger partial charge >= 0.3 is 0 Å². The van der Waals surface area contributed by atoms with E-state index in [1.54, 1.807) is 25.3 Å². The third-order valence-electron chi connectivity index (χ3n) is 3.00. The number of hydrogen-bond donors (Lipinski definition) is 1. The summed E-state index contributed by atoms with van der Waals surface area (Å²) in [5.74, 6) is 0.427. The van der Waals surface area contributed by atoms with E-state index in [-0.39, 0.29) is 5.91 Å². The number of pyridine rings is 1. The number of nitrogens with zero attached hydrogens (tertiary/aromatic N) is 2. The van der Waals surface area contributed by atoms with Crippen LogP contribution >= 0.6 is 11.6 Å². The molecule has 1 N–H and O–H groups in total. The zero-order valence-electron chi connectivity index (χ0n) is 10.8. The molecule has 0 aromatic carbocycles. The van der Waals surface area contributed by atoms with Gasteiger partial charge in [-0.15, -0.1) is 0 Å². The summed E-state index contributed by atoms with van der Waals surface area (Å²) in [7, 11) is 0. The number of imidazole rings is 1. The molecule has 0 saturated carbocycles. The lowest BCUT2D eigenvalue weighted by Gasteiger charge is -2.01. The minimum atomic E-state index is -0.175. The Hall–Kier alpha value is -2.27. The van der Waals surface area contributed by atoms with Crippen LogP contribution in [0.15, 0.2) is 41.3 Å². The fourth-order valence-electron chi connectivity index (χ4n) is 1.99. The van der Waals surface area contributed by atoms with E-state index in [1.807, 2.05) is 16.7 Å². The Morgan fingerprint density at radius 1 is 1.40 bits per heavy atom. The highest BCUT2D eigenvalue weighted by Gasteiger charge is 2.11. The predicted molar refractivity (Wildman–Crippen MR) is 74.8 cm³/mol. The second kappa shape index (κ2) is 5.02. The second-order valence-corrected chi connectivity index (χ2v) is 4.85. The highest BCUT2D eigenvalue weighted by Crippen LogP contribution is 2.12. The summed E-state index contributed by atoms with van der Waals surface area (Å²) in [5.41, 5.74) is 2.09. The topological polar surface area (TPSA) is 59.5 Å². The summed E-state index contributed by atoms with van der Waals surface area (Å²) in [5, 5.41) is 3.45. The third kappa shape index (κ3) is 2.40. The molecule has 102 valence electrons. The van der Waals surface area contributed by atoms with E-state index in [9.17, 15) is 4.79 Å². The van der Waals surface area contributed by atoms with Crippen molar-refractivity contribution in [3.63, 3.8) is 0 Å². The van der Waals surface area contributed by atoms with E-state index < -0.39 is 0 Å². The van der Waals surface area contributed by atoms with Gasteiger partial charge in [0.15, 0.2) is 0 Å². The SMILES string of the molecule is Cc1occc1C(=O)NCc1cn2cc(Cl)ccc2n1. The highest BCUT2D eigenvalue weighted by molar-refractivity contribution is 6.30. The van der Waals surface area contributed by atoms with Crippen LogP contribution in [0.25, 0.3) is 5.65 Å². The lowest BCUT2D eigenvalue weighted by atomic mass is 10.2. The second-order valence-electron chi connectivity index (χ2n) is 4.42. The summed E-state index contributed by atoms with van der Waals surface area (Å²) in [6.45, 7) is 2.10. The molecule has 0 saturated heterocycles. The Morgan fingerprint density at radius 3 is 3.00 bits per heavy atom. The van der Waals surface area contributed by atoms with Crippen molar-refractivity contribution in [2.45, 2.75) is 13.5 Å². The molecule has 0 radical (unpaired) electrons. The van der Waals surface area contributed by atoms with Crippen LogP contribution in [0.4, 0.5) is 0 Å². The van der Waals surface area contributed by atoms with Gasteiger partial charge in [-0.05, 0) is 25.1 Å². The first-order chi connectivity index (χ1) is 9.63. The Kier molecular flexibility index (Phi) is 3.20. The van der Waals surface area contributed by atoms with Crippen molar-refractivity contribution in [2.24, 2.45) is 0 Å². The molecule has 6 heteroatoms. The first-order valence-electron chi connectivity index (χ1n) is 6.09. The molecule has 5 nitrogen and oxygen atoms in total. The molecule has 0 aliphatic carbocycles. The summed E-state index contributed by atoms with van der Waals surface area (Å²) in [4.78, 5) is 16.3. The number of aryl methyl sites for hydroxylation is 1. The minimum absolute atomic E-state index is 0.175. The van der Waals surface area contributed by atoms with Gasteiger partial charge in [0, 0.05) is 12.4 Å². The van der Waals surface area contributed by atoms with Gasteiger partial charge in [0.25, 0.3) is 5.91 Å². The van der Waals surface area contributed by atoms with Crippen LogP contribution in [0, 0.1) is 6.92 Å². The van der Waals surface area contributed by atoms with Gasteiger partial charge in [-0.3, -0.25) is 4.79 Å². The molecule has 0 bridgehead atoms. The van der Waals surface area contributed by atoms with Crippen LogP contribution in [0.2, 0.25) is 5.02 Å². The molecule has 3 aromatic heterocycles. The van der Waals surface area contributed by atoms with Crippen molar-refractivity contribution in [1.82, 2.24) is 14.7 Å². The molecule has 0 aliphatic heterocycles. The standard InChI is InChI=1S/C14H12ClN3O2/c1-9-12(4-5-20-9)14(19)16-6-11-8-18-7-10(15)2-3-13(18)17-11/h2-5,7-8H,6H2,1H3,(H,16,19). The third-order valence-corrected chi connectivity index (χ3v) is 3.22. The monoisotopic (exact) mass is 289 g/mol. The fourth-order valence-corrected chi connectivity index (χ4v) is 2.16. The fraction of sp³-hybridized carbons (Fsp3) is 0.143. The van der Waals surface area contributed by atoms with Crippen molar-refractivity contribution in [1.29, 1.82) is 0 Å². The lowest BCUT2D eigenvalue weighted by Crippen LogP contribution is -2.23. The van der Waals surface area contributed by atoms with Crippen LogP contribution in [-0.4, -0.2) is 15.3 Å². The van der Waals surface area contributed by atoms with Gasteiger partial charge in [-0.2, -0.15) is 0 Å². The Labute approximate surface area is 120 Å². The van der Waals surface area contributed by atoms with E-state index in [4.69, 9.17) is 16.0 Å². The Balaban J connectivity index is 1.74. The molecule has 1 amide bonds. The first kappa shape index (κ1) is 12.7.